The molecule has 0 radical (unpaired) electrons. The standard InChI is InChI=1S/C47H68N6O8S/c1-29-39-24-35(47(39,3)4)25-40(29)50-46(57)43-42(30(2)55)41(28-54)61-53(43)26-32-16-13-17-38(44(32)60-8)33-21-34(23-37(22-33)52(7)19-18-48-62(9,58)59)45(56)49-36(27-51(5)6)20-31-14-11-10-12-15-31/h10-17,21-23,29-30,35-36,39-43,48,54-55H,18-20,24-28H2,1-9H3,(H,49,56)(H,50,57)/t29-,30-,35?,36-,39+,40-,41-,42+,43-/m0/s1. The van der Waals surface area contributed by atoms with Crippen LogP contribution in [0.4, 0.5) is 5.69 Å². The molecule has 1 heterocycles. The molecule has 2 bridgehead atoms. The lowest BCUT2D eigenvalue weighted by atomic mass is 9.45. The Balaban J connectivity index is 1.32. The maximum Gasteiger partial charge on any atom is 0.251 e. The van der Waals surface area contributed by atoms with E-state index in [2.05, 4.69) is 36.1 Å². The minimum atomic E-state index is -3.41. The number of likely N-dealkylation sites (N-methyl/N-ethyl adjacent to an activating group) is 2. The highest BCUT2D eigenvalue weighted by Gasteiger charge is 2.57. The van der Waals surface area contributed by atoms with E-state index in [0.717, 1.165) is 18.2 Å². The van der Waals surface area contributed by atoms with Crippen LogP contribution in [0.5, 0.6) is 5.75 Å². The van der Waals surface area contributed by atoms with E-state index < -0.39 is 34.2 Å². The van der Waals surface area contributed by atoms with Crippen LogP contribution in [-0.2, 0) is 32.6 Å². The Morgan fingerprint density at radius 1 is 1.05 bits per heavy atom. The Bertz CT molecular complexity index is 2140. The second kappa shape index (κ2) is 19.7. The van der Waals surface area contributed by atoms with Crippen molar-refractivity contribution in [3.63, 3.8) is 0 Å². The molecule has 340 valence electrons. The largest absolute Gasteiger partial charge is 0.496 e. The zero-order valence-electron chi connectivity index (χ0n) is 37.8. The number of methoxy groups -OCH3 is 1. The van der Waals surface area contributed by atoms with Crippen LogP contribution in [0.3, 0.4) is 0 Å². The second-order valence-electron chi connectivity index (χ2n) is 18.7. The molecule has 3 aromatic rings. The molecule has 14 nitrogen and oxygen atoms in total. The van der Waals surface area contributed by atoms with E-state index in [1.807, 2.05) is 91.6 Å². The van der Waals surface area contributed by atoms with Crippen LogP contribution in [0, 0.1) is 29.1 Å². The van der Waals surface area contributed by atoms with Crippen LogP contribution in [-0.4, -0.2) is 131 Å². The van der Waals surface area contributed by atoms with E-state index in [9.17, 15) is 28.2 Å². The number of rotatable bonds is 19. The van der Waals surface area contributed by atoms with Gasteiger partial charge in [0.25, 0.3) is 5.91 Å². The number of nitrogens with zero attached hydrogens (tertiary/aromatic N) is 3. The van der Waals surface area contributed by atoms with E-state index in [1.54, 1.807) is 25.2 Å². The third-order valence-electron chi connectivity index (χ3n) is 13.7. The first-order chi connectivity index (χ1) is 29.3. The molecule has 3 aromatic carbocycles. The summed E-state index contributed by atoms with van der Waals surface area (Å²) in [4.78, 5) is 38.9. The molecule has 3 aliphatic carbocycles. The molecule has 1 aliphatic heterocycles. The molecule has 0 aromatic heterocycles. The summed E-state index contributed by atoms with van der Waals surface area (Å²) in [5, 5.41) is 29.7. The minimum Gasteiger partial charge on any atom is -0.496 e. The van der Waals surface area contributed by atoms with Crippen LogP contribution in [0.25, 0.3) is 11.1 Å². The van der Waals surface area contributed by atoms with Gasteiger partial charge in [0.1, 0.15) is 17.9 Å². The van der Waals surface area contributed by atoms with Gasteiger partial charge in [-0.05, 0) is 92.8 Å². The fourth-order valence-corrected chi connectivity index (χ4v) is 10.7. The van der Waals surface area contributed by atoms with E-state index in [1.165, 1.54) is 6.42 Å². The number of sulfonamides is 1. The normalized spacial score (nSPS) is 25.5. The molecule has 9 atom stereocenters. The zero-order valence-corrected chi connectivity index (χ0v) is 38.6. The van der Waals surface area contributed by atoms with Gasteiger partial charge in [0.15, 0.2) is 0 Å². The van der Waals surface area contributed by atoms with Gasteiger partial charge >= 0.3 is 0 Å². The number of hydrogen-bond donors (Lipinski definition) is 5. The number of carbonyl (C=O) groups excluding carboxylic acids is 2. The van der Waals surface area contributed by atoms with Crippen LogP contribution in [0.15, 0.2) is 66.7 Å². The summed E-state index contributed by atoms with van der Waals surface area (Å²) >= 11 is 0. The summed E-state index contributed by atoms with van der Waals surface area (Å²) in [6, 6.07) is 20.2. The van der Waals surface area contributed by atoms with Crippen LogP contribution >= 0.6 is 0 Å². The molecule has 7 rings (SSSR count). The minimum absolute atomic E-state index is 0.00252. The van der Waals surface area contributed by atoms with Gasteiger partial charge in [0.05, 0.1) is 32.6 Å². The number of hydroxylamine groups is 2. The molecule has 4 aliphatic rings. The Kier molecular flexibility index (Phi) is 15.1. The molecule has 62 heavy (non-hydrogen) atoms. The van der Waals surface area contributed by atoms with Gasteiger partial charge in [-0.1, -0.05) is 69.3 Å². The van der Waals surface area contributed by atoms with Gasteiger partial charge in [0, 0.05) is 67.1 Å². The quantitative estimate of drug-likeness (QED) is 0.118. The smallest absolute Gasteiger partial charge is 0.251 e. The molecular formula is C47H68N6O8S. The van der Waals surface area contributed by atoms with Crippen LogP contribution < -0.4 is 25.0 Å². The number of aliphatic hydroxyl groups excluding tert-OH is 2. The van der Waals surface area contributed by atoms with E-state index in [0.29, 0.717) is 71.0 Å². The van der Waals surface area contributed by atoms with Crippen LogP contribution in [0.1, 0.15) is 62.0 Å². The Labute approximate surface area is 368 Å². The second-order valence-corrected chi connectivity index (χ2v) is 20.5. The van der Waals surface area contributed by atoms with Gasteiger partial charge in [-0.15, -0.1) is 0 Å². The van der Waals surface area contributed by atoms with Gasteiger partial charge in [0.2, 0.25) is 15.9 Å². The number of nitrogens with one attached hydrogen (secondary N) is 3. The third-order valence-corrected chi connectivity index (χ3v) is 14.4. The molecule has 4 fully saturated rings. The average molecular weight is 877 g/mol. The predicted molar refractivity (Wildman–Crippen MR) is 242 cm³/mol. The van der Waals surface area contributed by atoms with Crippen molar-refractivity contribution in [3.8, 4) is 16.9 Å². The monoisotopic (exact) mass is 876 g/mol. The highest BCUT2D eigenvalue weighted by Crippen LogP contribution is 2.61. The number of anilines is 1. The lowest BCUT2D eigenvalue weighted by Crippen LogP contribution is -2.62. The van der Waals surface area contributed by atoms with Gasteiger partial charge in [-0.25, -0.2) is 13.1 Å². The summed E-state index contributed by atoms with van der Waals surface area (Å²) in [6.07, 6.45) is 2.07. The SMILES string of the molecule is COc1c(CN2O[C@@H](CO)[C@@H]([C@H](C)O)[C@H]2C(=O)N[C@H]2CC3C[C@H]([C@@H]2C)C3(C)C)cccc1-c1cc(C(=O)N[C@@H](Cc2ccccc2)CN(C)C)cc(N(C)CCNS(C)(=O)=O)c1. The van der Waals surface area contributed by atoms with Crippen molar-refractivity contribution in [1.82, 2.24) is 25.3 Å². The van der Waals surface area contributed by atoms with Crippen molar-refractivity contribution in [3.05, 3.63) is 83.4 Å². The van der Waals surface area contributed by atoms with Gasteiger partial charge in [-0.3, -0.25) is 14.4 Å². The summed E-state index contributed by atoms with van der Waals surface area (Å²) in [7, 11) is 3.93. The maximum absolute atomic E-state index is 14.4. The van der Waals surface area contributed by atoms with E-state index >= 15 is 0 Å². The number of hydrogen-bond acceptors (Lipinski definition) is 11. The molecule has 5 N–H and O–H groups in total. The number of aliphatic hydroxyl groups is 2. The molecule has 2 amide bonds. The topological polar surface area (TPSA) is 173 Å². The van der Waals surface area contributed by atoms with Gasteiger partial charge in [-0.2, -0.15) is 5.06 Å². The molecule has 1 saturated heterocycles. The molecular weight excluding hydrogens is 809 g/mol. The van der Waals surface area contributed by atoms with Crippen molar-refractivity contribution < 1.29 is 37.8 Å². The number of ether oxygens (including phenoxy) is 1. The number of para-hydroxylation sites is 1. The number of fused-ring (bicyclic) bond motifs is 2. The van der Waals surface area contributed by atoms with E-state index in [-0.39, 0.29) is 49.0 Å². The summed E-state index contributed by atoms with van der Waals surface area (Å²) in [5.41, 5.74) is 4.50. The average Bonchev–Trinajstić information content (AvgIpc) is 3.59. The predicted octanol–water partition coefficient (Wildman–Crippen LogP) is 3.91. The first-order valence-corrected chi connectivity index (χ1v) is 23.7. The summed E-state index contributed by atoms with van der Waals surface area (Å²) < 4.78 is 32.5. The number of benzene rings is 3. The van der Waals surface area contributed by atoms with Crippen molar-refractivity contribution in [2.45, 2.75) is 83.8 Å². The highest BCUT2D eigenvalue weighted by molar-refractivity contribution is 7.88. The van der Waals surface area contributed by atoms with Crippen molar-refractivity contribution in [2.75, 3.05) is 65.6 Å². The fourth-order valence-electron chi connectivity index (χ4n) is 10.2. The molecule has 0 spiro atoms. The zero-order chi connectivity index (χ0) is 45.1. The fraction of sp³-hybridized carbons (Fsp3) is 0.574. The Morgan fingerprint density at radius 3 is 2.39 bits per heavy atom. The third kappa shape index (κ3) is 10.8. The van der Waals surface area contributed by atoms with E-state index in [4.69, 9.17) is 9.57 Å². The Morgan fingerprint density at radius 2 is 1.77 bits per heavy atom. The first-order valence-electron chi connectivity index (χ1n) is 21.8. The summed E-state index contributed by atoms with van der Waals surface area (Å²) in [5.74, 6) is 0.662. The van der Waals surface area contributed by atoms with Gasteiger partial charge < -0.3 is 35.4 Å². The van der Waals surface area contributed by atoms with Crippen molar-refractivity contribution >= 4 is 27.5 Å². The lowest BCUT2D eigenvalue weighted by molar-refractivity contribution is -0.183. The Hall–Kier alpha value is -4.09. The van der Waals surface area contributed by atoms with Crippen molar-refractivity contribution in [2.24, 2.45) is 29.1 Å². The lowest BCUT2D eigenvalue weighted by Gasteiger charge is -2.62. The summed E-state index contributed by atoms with van der Waals surface area (Å²) in [6.45, 7) is 9.32. The maximum atomic E-state index is 14.4. The number of amides is 2. The first kappa shape index (κ1) is 47.4. The highest BCUT2D eigenvalue weighted by atomic mass is 32.2. The number of carbonyl (C=O) groups is 2. The molecule has 1 unspecified atom stereocenters. The van der Waals surface area contributed by atoms with Crippen LogP contribution in [0.2, 0.25) is 0 Å². The molecule has 15 heteroatoms. The van der Waals surface area contributed by atoms with Crippen molar-refractivity contribution in [1.29, 1.82) is 0 Å². The molecule has 3 saturated carbocycles.